The molecule has 0 bridgehead atoms. The molecule has 0 aromatic carbocycles. The van der Waals surface area contributed by atoms with Crippen molar-refractivity contribution in [1.82, 2.24) is 4.90 Å². The zero-order chi connectivity index (χ0) is 11.5. The number of nitrogens with two attached hydrogens (primary N) is 1. The molecule has 3 atom stereocenters. The van der Waals surface area contributed by atoms with Crippen LogP contribution in [0, 0.1) is 5.92 Å². The van der Waals surface area contributed by atoms with Gasteiger partial charge in [0.1, 0.15) is 0 Å². The van der Waals surface area contributed by atoms with Gasteiger partial charge in [0.2, 0.25) is 0 Å². The predicted octanol–water partition coefficient (Wildman–Crippen LogP) is 1.45. The molecule has 16 heavy (non-hydrogen) atoms. The minimum absolute atomic E-state index is 0.238. The third-order valence-electron chi connectivity index (χ3n) is 3.66. The van der Waals surface area contributed by atoms with Crippen LogP contribution in [-0.4, -0.2) is 35.7 Å². The highest BCUT2D eigenvalue weighted by molar-refractivity contribution is 7.07. The van der Waals surface area contributed by atoms with Crippen LogP contribution in [-0.2, 0) is 0 Å². The van der Waals surface area contributed by atoms with Crippen LogP contribution in [0.15, 0.2) is 16.8 Å². The van der Waals surface area contributed by atoms with Crippen molar-refractivity contribution in [3.63, 3.8) is 0 Å². The van der Waals surface area contributed by atoms with Gasteiger partial charge in [-0.2, -0.15) is 11.3 Å². The Morgan fingerprint density at radius 1 is 1.69 bits per heavy atom. The minimum Gasteiger partial charge on any atom is -0.395 e. The molecule has 1 aliphatic rings. The molecule has 0 saturated carbocycles. The van der Waals surface area contributed by atoms with E-state index in [1.807, 2.05) is 0 Å². The molecular formula is C12H20N2OS. The van der Waals surface area contributed by atoms with E-state index in [1.54, 1.807) is 11.3 Å². The molecule has 0 radical (unpaired) electrons. The lowest BCUT2D eigenvalue weighted by atomic mass is 10.0. The molecule has 0 spiro atoms. The molecule has 3 nitrogen and oxygen atoms in total. The van der Waals surface area contributed by atoms with Gasteiger partial charge in [0, 0.05) is 18.6 Å². The second-order valence-electron chi connectivity index (χ2n) is 4.56. The van der Waals surface area contributed by atoms with Gasteiger partial charge in [-0.25, -0.2) is 0 Å². The van der Waals surface area contributed by atoms with Crippen LogP contribution >= 0.6 is 11.3 Å². The number of aliphatic hydroxyl groups excluding tert-OH is 1. The molecule has 90 valence electrons. The monoisotopic (exact) mass is 240 g/mol. The van der Waals surface area contributed by atoms with Crippen LogP contribution in [0.5, 0.6) is 0 Å². The lowest BCUT2D eigenvalue weighted by molar-refractivity contribution is 0.105. The number of rotatable bonds is 4. The fourth-order valence-electron chi connectivity index (χ4n) is 2.64. The van der Waals surface area contributed by atoms with Crippen LogP contribution in [0.25, 0.3) is 0 Å². The molecule has 1 saturated heterocycles. The molecule has 1 aromatic heterocycles. The summed E-state index contributed by atoms with van der Waals surface area (Å²) in [6, 6.07) is 2.68. The molecule has 4 heteroatoms. The number of thiophene rings is 1. The average Bonchev–Trinajstić information content (AvgIpc) is 2.90. The first-order chi connectivity index (χ1) is 7.77. The van der Waals surface area contributed by atoms with Gasteiger partial charge in [0.15, 0.2) is 0 Å². The number of aliphatic hydroxyl groups is 1. The van der Waals surface area contributed by atoms with Gasteiger partial charge in [0.05, 0.1) is 6.61 Å². The van der Waals surface area contributed by atoms with E-state index in [2.05, 4.69) is 28.7 Å². The van der Waals surface area contributed by atoms with E-state index in [4.69, 9.17) is 5.73 Å². The van der Waals surface area contributed by atoms with E-state index < -0.39 is 0 Å². The fourth-order valence-corrected chi connectivity index (χ4v) is 3.34. The van der Waals surface area contributed by atoms with E-state index in [1.165, 1.54) is 5.56 Å². The zero-order valence-corrected chi connectivity index (χ0v) is 10.5. The first kappa shape index (κ1) is 12.0. The summed E-state index contributed by atoms with van der Waals surface area (Å²) in [5, 5.41) is 13.7. The Hall–Kier alpha value is -0.420. The molecule has 3 N–H and O–H groups in total. The Labute approximate surface area is 101 Å². The van der Waals surface area contributed by atoms with Crippen molar-refractivity contribution in [3.8, 4) is 0 Å². The van der Waals surface area contributed by atoms with Crippen molar-refractivity contribution in [2.24, 2.45) is 11.7 Å². The first-order valence-corrected chi connectivity index (χ1v) is 6.81. The fraction of sp³-hybridized carbons (Fsp3) is 0.667. The number of hydrogen-bond acceptors (Lipinski definition) is 4. The van der Waals surface area contributed by atoms with Gasteiger partial charge in [0.25, 0.3) is 0 Å². The Kier molecular flexibility index (Phi) is 3.97. The molecular weight excluding hydrogens is 220 g/mol. The van der Waals surface area contributed by atoms with E-state index in [-0.39, 0.29) is 18.7 Å². The molecule has 1 fully saturated rings. The van der Waals surface area contributed by atoms with E-state index in [0.717, 1.165) is 13.0 Å². The summed E-state index contributed by atoms with van der Waals surface area (Å²) in [6.45, 7) is 4.12. The van der Waals surface area contributed by atoms with E-state index in [9.17, 15) is 5.11 Å². The number of hydrogen-bond donors (Lipinski definition) is 2. The predicted molar refractivity (Wildman–Crippen MR) is 67.5 cm³/mol. The molecule has 1 aliphatic heterocycles. The molecule has 1 aromatic rings. The third-order valence-corrected chi connectivity index (χ3v) is 4.37. The molecule has 3 unspecified atom stereocenters. The standard InChI is InChI=1S/C12H20N2OS/c1-9-2-4-14(12(9)7-15)11(6-13)10-3-5-16-8-10/h3,5,8-9,11-12,15H,2,4,6-7,13H2,1H3. The Morgan fingerprint density at radius 2 is 2.50 bits per heavy atom. The van der Waals surface area contributed by atoms with Crippen molar-refractivity contribution in [1.29, 1.82) is 0 Å². The van der Waals surface area contributed by atoms with Crippen molar-refractivity contribution in [2.75, 3.05) is 19.7 Å². The summed E-state index contributed by atoms with van der Waals surface area (Å²) < 4.78 is 0. The summed E-state index contributed by atoms with van der Waals surface area (Å²) in [4.78, 5) is 2.37. The van der Waals surface area contributed by atoms with Gasteiger partial charge in [-0.15, -0.1) is 0 Å². The van der Waals surface area contributed by atoms with Crippen molar-refractivity contribution < 1.29 is 5.11 Å². The first-order valence-electron chi connectivity index (χ1n) is 5.86. The van der Waals surface area contributed by atoms with Gasteiger partial charge in [-0.3, -0.25) is 4.90 Å². The van der Waals surface area contributed by atoms with Crippen molar-refractivity contribution in [2.45, 2.75) is 25.4 Å². The van der Waals surface area contributed by atoms with Crippen molar-refractivity contribution in [3.05, 3.63) is 22.4 Å². The highest BCUT2D eigenvalue weighted by atomic mass is 32.1. The largest absolute Gasteiger partial charge is 0.395 e. The normalized spacial score (nSPS) is 28.4. The molecule has 0 aliphatic carbocycles. The topological polar surface area (TPSA) is 49.5 Å². The Morgan fingerprint density at radius 3 is 3.06 bits per heavy atom. The highest BCUT2D eigenvalue weighted by Gasteiger charge is 2.35. The zero-order valence-electron chi connectivity index (χ0n) is 9.67. The third kappa shape index (κ3) is 2.15. The average molecular weight is 240 g/mol. The van der Waals surface area contributed by atoms with Crippen LogP contribution in [0.2, 0.25) is 0 Å². The van der Waals surface area contributed by atoms with Gasteiger partial charge < -0.3 is 10.8 Å². The van der Waals surface area contributed by atoms with Crippen LogP contribution in [0.3, 0.4) is 0 Å². The maximum atomic E-state index is 9.47. The summed E-state index contributed by atoms with van der Waals surface area (Å²) in [5.74, 6) is 0.567. The lowest BCUT2D eigenvalue weighted by Gasteiger charge is -2.32. The van der Waals surface area contributed by atoms with E-state index >= 15 is 0 Å². The lowest BCUT2D eigenvalue weighted by Crippen LogP contribution is -2.40. The maximum Gasteiger partial charge on any atom is 0.0589 e. The maximum absolute atomic E-state index is 9.47. The Balaban J connectivity index is 2.16. The van der Waals surface area contributed by atoms with Crippen LogP contribution in [0.4, 0.5) is 0 Å². The minimum atomic E-state index is 0.238. The van der Waals surface area contributed by atoms with Gasteiger partial charge in [-0.1, -0.05) is 6.92 Å². The summed E-state index contributed by atoms with van der Waals surface area (Å²) in [6.07, 6.45) is 1.16. The van der Waals surface area contributed by atoms with Crippen molar-refractivity contribution >= 4 is 11.3 Å². The van der Waals surface area contributed by atoms with Crippen LogP contribution < -0.4 is 5.73 Å². The second-order valence-corrected chi connectivity index (χ2v) is 5.34. The molecule has 2 rings (SSSR count). The second kappa shape index (κ2) is 5.27. The molecule has 0 amide bonds. The van der Waals surface area contributed by atoms with Gasteiger partial charge >= 0.3 is 0 Å². The molecule has 2 heterocycles. The number of likely N-dealkylation sites (tertiary alicyclic amines) is 1. The van der Waals surface area contributed by atoms with Crippen LogP contribution in [0.1, 0.15) is 24.9 Å². The van der Waals surface area contributed by atoms with E-state index in [0.29, 0.717) is 12.5 Å². The highest BCUT2D eigenvalue weighted by Crippen LogP contribution is 2.32. The summed E-state index contributed by atoms with van der Waals surface area (Å²) >= 11 is 1.71. The SMILES string of the molecule is CC1CCN(C(CN)c2ccsc2)C1CO. The van der Waals surface area contributed by atoms with Gasteiger partial charge in [-0.05, 0) is 41.3 Å². The smallest absolute Gasteiger partial charge is 0.0589 e. The quantitative estimate of drug-likeness (QED) is 0.837. The summed E-state index contributed by atoms with van der Waals surface area (Å²) in [5.41, 5.74) is 7.18. The Bertz CT molecular complexity index is 315. The summed E-state index contributed by atoms with van der Waals surface area (Å²) in [7, 11) is 0. The number of nitrogens with zero attached hydrogens (tertiary/aromatic N) is 1.